The Bertz CT molecular complexity index is 634. The fourth-order valence-corrected chi connectivity index (χ4v) is 1.61. The number of hydrogen-bond acceptors (Lipinski definition) is 3. The molecule has 0 amide bonds. The van der Waals surface area contributed by atoms with Crippen LogP contribution in [0.2, 0.25) is 5.02 Å². The van der Waals surface area contributed by atoms with Crippen LogP contribution in [0.4, 0.5) is 5.82 Å². The van der Waals surface area contributed by atoms with Crippen LogP contribution in [0.15, 0.2) is 35.5 Å². The molecule has 0 atom stereocenters. The van der Waals surface area contributed by atoms with E-state index in [1.165, 1.54) is 6.20 Å². The molecule has 0 spiro atoms. The van der Waals surface area contributed by atoms with Gasteiger partial charge in [0.2, 0.25) is 0 Å². The highest BCUT2D eigenvalue weighted by Crippen LogP contribution is 2.23. The van der Waals surface area contributed by atoms with Crippen molar-refractivity contribution in [3.8, 4) is 11.8 Å². The summed E-state index contributed by atoms with van der Waals surface area (Å²) in [5.41, 5.74) is 1.23. The minimum Gasteiger partial charge on any atom is -0.369 e. The molecule has 0 bridgehead atoms. The number of hydrogen-bond donors (Lipinski definition) is 0. The second-order valence-corrected chi connectivity index (χ2v) is 4.53. The number of aliphatic imine (C=N–C) groups is 1. The first-order valence-electron chi connectivity index (χ1n) is 5.56. The van der Waals surface area contributed by atoms with Gasteiger partial charge < -0.3 is 4.90 Å². The van der Waals surface area contributed by atoms with Crippen molar-refractivity contribution in [2.24, 2.45) is 4.99 Å². The fourth-order valence-electron chi connectivity index (χ4n) is 1.49. The Hall–Kier alpha value is -2.32. The Morgan fingerprint density at radius 2 is 2.05 bits per heavy atom. The molecule has 0 unspecified atom stereocenters. The molecular formula is C13H12ClN5. The first-order valence-corrected chi connectivity index (χ1v) is 5.94. The van der Waals surface area contributed by atoms with Gasteiger partial charge in [-0.15, -0.1) is 0 Å². The molecule has 0 aliphatic carbocycles. The van der Waals surface area contributed by atoms with Crippen molar-refractivity contribution in [2.75, 3.05) is 14.1 Å². The van der Waals surface area contributed by atoms with Gasteiger partial charge in [-0.25, -0.2) is 9.67 Å². The summed E-state index contributed by atoms with van der Waals surface area (Å²) in [5, 5.41) is 13.9. The SMILES string of the molecule is CN(C)C=Nc1c(C#N)cnn1-c1ccc(Cl)cc1. The molecule has 0 saturated heterocycles. The molecule has 0 N–H and O–H groups in total. The van der Waals surface area contributed by atoms with Gasteiger partial charge in [0, 0.05) is 19.1 Å². The van der Waals surface area contributed by atoms with Gasteiger partial charge in [0.15, 0.2) is 5.82 Å². The van der Waals surface area contributed by atoms with Crippen molar-refractivity contribution < 1.29 is 0 Å². The lowest BCUT2D eigenvalue weighted by Gasteiger charge is -2.06. The zero-order chi connectivity index (χ0) is 13.8. The van der Waals surface area contributed by atoms with Crippen molar-refractivity contribution in [3.63, 3.8) is 0 Å². The third-order valence-corrected chi connectivity index (χ3v) is 2.60. The fraction of sp³-hybridized carbons (Fsp3) is 0.154. The molecule has 1 heterocycles. The summed E-state index contributed by atoms with van der Waals surface area (Å²) in [4.78, 5) is 6.07. The molecule has 0 radical (unpaired) electrons. The number of aromatic nitrogens is 2. The number of nitriles is 1. The molecule has 2 rings (SSSR count). The van der Waals surface area contributed by atoms with Crippen LogP contribution in [0.1, 0.15) is 5.56 Å². The Balaban J connectivity index is 2.49. The van der Waals surface area contributed by atoms with Gasteiger partial charge in [-0.2, -0.15) is 10.4 Å². The Morgan fingerprint density at radius 1 is 1.37 bits per heavy atom. The minimum atomic E-state index is 0.424. The average molecular weight is 274 g/mol. The van der Waals surface area contributed by atoms with Crippen LogP contribution in [-0.2, 0) is 0 Å². The first kappa shape index (κ1) is 13.1. The van der Waals surface area contributed by atoms with Crippen molar-refractivity contribution in [3.05, 3.63) is 41.0 Å². The highest BCUT2D eigenvalue weighted by atomic mass is 35.5. The van der Waals surface area contributed by atoms with E-state index in [9.17, 15) is 0 Å². The Kier molecular flexibility index (Phi) is 3.83. The van der Waals surface area contributed by atoms with Gasteiger partial charge in [-0.05, 0) is 24.3 Å². The molecule has 1 aromatic heterocycles. The highest BCUT2D eigenvalue weighted by molar-refractivity contribution is 6.30. The van der Waals surface area contributed by atoms with Crippen LogP contribution in [0.25, 0.3) is 5.69 Å². The Labute approximate surface area is 116 Å². The van der Waals surface area contributed by atoms with Crippen molar-refractivity contribution in [2.45, 2.75) is 0 Å². The van der Waals surface area contributed by atoms with Gasteiger partial charge in [0.25, 0.3) is 0 Å². The summed E-state index contributed by atoms with van der Waals surface area (Å²) in [6, 6.07) is 9.26. The molecular weight excluding hydrogens is 262 g/mol. The van der Waals surface area contributed by atoms with Crippen LogP contribution >= 0.6 is 11.6 Å². The predicted octanol–water partition coefficient (Wildman–Crippen LogP) is 2.62. The number of rotatable bonds is 3. The normalized spacial score (nSPS) is 10.6. The summed E-state index contributed by atoms with van der Waals surface area (Å²) < 4.78 is 1.61. The molecule has 5 nitrogen and oxygen atoms in total. The van der Waals surface area contributed by atoms with E-state index >= 15 is 0 Å². The largest absolute Gasteiger partial charge is 0.369 e. The van der Waals surface area contributed by atoms with Gasteiger partial charge >= 0.3 is 0 Å². The molecule has 19 heavy (non-hydrogen) atoms. The second kappa shape index (κ2) is 5.55. The maximum Gasteiger partial charge on any atom is 0.175 e. The molecule has 96 valence electrons. The summed E-state index contributed by atoms with van der Waals surface area (Å²) in [7, 11) is 3.72. The van der Waals surface area contributed by atoms with E-state index in [1.54, 1.807) is 28.1 Å². The molecule has 0 aliphatic rings. The molecule has 2 aromatic rings. The summed E-state index contributed by atoms with van der Waals surface area (Å²) in [5.74, 6) is 0.499. The molecule has 0 fully saturated rings. The molecule has 0 saturated carbocycles. The molecule has 1 aromatic carbocycles. The van der Waals surface area contributed by atoms with Gasteiger partial charge in [0.1, 0.15) is 11.6 Å². The molecule has 6 heteroatoms. The van der Waals surface area contributed by atoms with E-state index < -0.39 is 0 Å². The van der Waals surface area contributed by atoms with Gasteiger partial charge in [0.05, 0.1) is 18.2 Å². The zero-order valence-electron chi connectivity index (χ0n) is 10.6. The maximum absolute atomic E-state index is 9.08. The zero-order valence-corrected chi connectivity index (χ0v) is 11.3. The highest BCUT2D eigenvalue weighted by Gasteiger charge is 2.10. The number of benzene rings is 1. The lowest BCUT2D eigenvalue weighted by molar-refractivity contribution is 0.642. The van der Waals surface area contributed by atoms with Crippen LogP contribution in [0.3, 0.4) is 0 Å². The van der Waals surface area contributed by atoms with E-state index in [4.69, 9.17) is 16.9 Å². The maximum atomic E-state index is 9.08. The van der Waals surface area contributed by atoms with E-state index in [-0.39, 0.29) is 0 Å². The Morgan fingerprint density at radius 3 is 2.63 bits per heavy atom. The smallest absolute Gasteiger partial charge is 0.175 e. The number of halogens is 1. The van der Waals surface area contributed by atoms with E-state index in [1.807, 2.05) is 26.2 Å². The summed E-state index contributed by atoms with van der Waals surface area (Å²) >= 11 is 5.86. The van der Waals surface area contributed by atoms with Crippen molar-refractivity contribution in [1.82, 2.24) is 14.7 Å². The predicted molar refractivity (Wildman–Crippen MR) is 75.1 cm³/mol. The van der Waals surface area contributed by atoms with Crippen LogP contribution in [-0.4, -0.2) is 35.1 Å². The third-order valence-electron chi connectivity index (χ3n) is 2.35. The standard InChI is InChI=1S/C13H12ClN5/c1-18(2)9-16-13-10(7-15)8-17-19(13)12-5-3-11(14)4-6-12/h3-6,8-9H,1-2H3. The van der Waals surface area contributed by atoms with Gasteiger partial charge in [-0.3, -0.25) is 0 Å². The van der Waals surface area contributed by atoms with Crippen molar-refractivity contribution >= 4 is 23.8 Å². The topological polar surface area (TPSA) is 57.2 Å². The second-order valence-electron chi connectivity index (χ2n) is 4.09. The van der Waals surface area contributed by atoms with Crippen LogP contribution < -0.4 is 0 Å². The summed E-state index contributed by atoms with van der Waals surface area (Å²) in [6.45, 7) is 0. The number of nitrogens with zero attached hydrogens (tertiary/aromatic N) is 5. The van der Waals surface area contributed by atoms with Crippen molar-refractivity contribution in [1.29, 1.82) is 5.26 Å². The monoisotopic (exact) mass is 273 g/mol. The minimum absolute atomic E-state index is 0.424. The van der Waals surface area contributed by atoms with Crippen LogP contribution in [0.5, 0.6) is 0 Å². The molecule has 0 aliphatic heterocycles. The quantitative estimate of drug-likeness (QED) is 0.638. The van der Waals surface area contributed by atoms with E-state index in [0.29, 0.717) is 16.4 Å². The van der Waals surface area contributed by atoms with E-state index in [2.05, 4.69) is 16.2 Å². The van der Waals surface area contributed by atoms with Gasteiger partial charge in [-0.1, -0.05) is 11.6 Å². The van der Waals surface area contributed by atoms with E-state index in [0.717, 1.165) is 5.69 Å². The lowest BCUT2D eigenvalue weighted by Crippen LogP contribution is -2.07. The third kappa shape index (κ3) is 2.92. The van der Waals surface area contributed by atoms with Crippen LogP contribution in [0, 0.1) is 11.3 Å². The first-order chi connectivity index (χ1) is 9.11. The average Bonchev–Trinajstić information content (AvgIpc) is 2.80. The summed E-state index contributed by atoms with van der Waals surface area (Å²) in [6.07, 6.45) is 3.13. The lowest BCUT2D eigenvalue weighted by atomic mass is 10.3.